The van der Waals surface area contributed by atoms with Crippen molar-refractivity contribution in [1.82, 2.24) is 19.9 Å². The van der Waals surface area contributed by atoms with Crippen LogP contribution in [0.2, 0.25) is 0 Å². The molecule has 2 aromatic heterocycles. The fourth-order valence-electron chi connectivity index (χ4n) is 2.67. The van der Waals surface area contributed by atoms with Crippen molar-refractivity contribution in [2.75, 3.05) is 7.11 Å². The molecule has 0 aliphatic heterocycles. The van der Waals surface area contributed by atoms with Gasteiger partial charge in [-0.2, -0.15) is 0 Å². The zero-order valence-corrected chi connectivity index (χ0v) is 11.5. The number of fused-ring (bicyclic) bond motifs is 1. The average Bonchev–Trinajstić information content (AvgIpc) is 3.13. The third kappa shape index (κ3) is 2.51. The quantitative estimate of drug-likeness (QED) is 0.857. The summed E-state index contributed by atoms with van der Waals surface area (Å²) in [6.45, 7) is 0.698. The lowest BCUT2D eigenvalue weighted by atomic mass is 10.2. The van der Waals surface area contributed by atoms with E-state index in [1.165, 1.54) is 32.8 Å². The van der Waals surface area contributed by atoms with Gasteiger partial charge in [-0.05, 0) is 25.0 Å². The first-order chi connectivity index (χ1) is 9.78. The summed E-state index contributed by atoms with van der Waals surface area (Å²) in [5.74, 6) is 0.504. The van der Waals surface area contributed by atoms with Crippen molar-refractivity contribution in [3.05, 3.63) is 29.7 Å². The smallest absolute Gasteiger partial charge is 0.338 e. The van der Waals surface area contributed by atoms with Crippen molar-refractivity contribution in [3.63, 3.8) is 0 Å². The van der Waals surface area contributed by atoms with Gasteiger partial charge in [-0.25, -0.2) is 4.79 Å². The predicted molar refractivity (Wildman–Crippen MR) is 73.4 cm³/mol. The maximum atomic E-state index is 11.5. The number of pyridine rings is 1. The Labute approximate surface area is 117 Å². The van der Waals surface area contributed by atoms with Crippen LogP contribution >= 0.6 is 0 Å². The first-order valence-corrected chi connectivity index (χ1v) is 6.93. The Kier molecular flexibility index (Phi) is 3.64. The molecule has 0 amide bonds. The minimum absolute atomic E-state index is 0.360. The Morgan fingerprint density at radius 2 is 2.25 bits per heavy atom. The molecule has 0 atom stereocenters. The standard InChI is InChI=1S/C14H18N4O2/c1-20-14(19)10-6-7-18-12(8-10)16-17-13(18)9-15-11-4-2-3-5-11/h6-8,11,15H,2-5,9H2,1H3. The third-order valence-electron chi connectivity index (χ3n) is 3.81. The van der Waals surface area contributed by atoms with Gasteiger partial charge < -0.3 is 10.1 Å². The molecule has 0 spiro atoms. The molecule has 2 aromatic rings. The topological polar surface area (TPSA) is 68.5 Å². The summed E-state index contributed by atoms with van der Waals surface area (Å²) in [5.41, 5.74) is 1.15. The third-order valence-corrected chi connectivity index (χ3v) is 3.81. The lowest BCUT2D eigenvalue weighted by Crippen LogP contribution is -2.26. The molecule has 0 aromatic carbocycles. The van der Waals surface area contributed by atoms with E-state index < -0.39 is 0 Å². The summed E-state index contributed by atoms with van der Waals surface area (Å²) < 4.78 is 6.60. The van der Waals surface area contributed by atoms with E-state index in [-0.39, 0.29) is 5.97 Å². The van der Waals surface area contributed by atoms with Gasteiger partial charge in [-0.15, -0.1) is 10.2 Å². The molecular formula is C14H18N4O2. The second-order valence-corrected chi connectivity index (χ2v) is 5.11. The molecule has 1 fully saturated rings. The van der Waals surface area contributed by atoms with Crippen LogP contribution in [0.1, 0.15) is 41.9 Å². The van der Waals surface area contributed by atoms with E-state index in [2.05, 4.69) is 15.5 Å². The summed E-state index contributed by atoms with van der Waals surface area (Å²) in [6, 6.07) is 4.01. The minimum atomic E-state index is -0.360. The van der Waals surface area contributed by atoms with Crippen molar-refractivity contribution in [3.8, 4) is 0 Å². The minimum Gasteiger partial charge on any atom is -0.465 e. The average molecular weight is 274 g/mol. The van der Waals surface area contributed by atoms with E-state index in [1.54, 1.807) is 12.1 Å². The van der Waals surface area contributed by atoms with Gasteiger partial charge in [-0.1, -0.05) is 12.8 Å². The molecule has 0 bridgehead atoms. The zero-order valence-electron chi connectivity index (χ0n) is 11.5. The number of hydrogen-bond acceptors (Lipinski definition) is 5. The van der Waals surface area contributed by atoms with E-state index >= 15 is 0 Å². The van der Waals surface area contributed by atoms with Gasteiger partial charge in [0.05, 0.1) is 19.2 Å². The molecule has 20 heavy (non-hydrogen) atoms. The summed E-state index contributed by atoms with van der Waals surface area (Å²) in [6.07, 6.45) is 6.90. The van der Waals surface area contributed by atoms with E-state index in [4.69, 9.17) is 4.74 Å². The van der Waals surface area contributed by atoms with Crippen molar-refractivity contribution in [2.24, 2.45) is 0 Å². The number of carbonyl (C=O) groups is 1. The molecular weight excluding hydrogens is 256 g/mol. The summed E-state index contributed by atoms with van der Waals surface area (Å²) >= 11 is 0. The fourth-order valence-corrected chi connectivity index (χ4v) is 2.67. The second-order valence-electron chi connectivity index (χ2n) is 5.11. The molecule has 6 nitrogen and oxygen atoms in total. The van der Waals surface area contributed by atoms with E-state index in [0.717, 1.165) is 5.82 Å². The van der Waals surface area contributed by atoms with Crippen molar-refractivity contribution < 1.29 is 9.53 Å². The summed E-state index contributed by atoms with van der Waals surface area (Å²) in [4.78, 5) is 11.5. The highest BCUT2D eigenvalue weighted by Gasteiger charge is 2.16. The SMILES string of the molecule is COC(=O)c1ccn2c(CNC3CCCC3)nnc2c1. The van der Waals surface area contributed by atoms with E-state index in [0.29, 0.717) is 23.8 Å². The van der Waals surface area contributed by atoms with Crippen LogP contribution in [-0.2, 0) is 11.3 Å². The van der Waals surface area contributed by atoms with Crippen LogP contribution < -0.4 is 5.32 Å². The van der Waals surface area contributed by atoms with Crippen LogP contribution in [0.25, 0.3) is 5.65 Å². The molecule has 0 radical (unpaired) electrons. The molecule has 6 heteroatoms. The Morgan fingerprint density at radius 3 is 3.00 bits per heavy atom. The largest absolute Gasteiger partial charge is 0.465 e. The first kappa shape index (κ1) is 13.1. The summed E-state index contributed by atoms with van der Waals surface area (Å²) in [7, 11) is 1.37. The predicted octanol–water partition coefficient (Wildman–Crippen LogP) is 1.55. The monoisotopic (exact) mass is 274 g/mol. The molecule has 0 unspecified atom stereocenters. The lowest BCUT2D eigenvalue weighted by molar-refractivity contribution is 0.0600. The highest BCUT2D eigenvalue weighted by Crippen LogP contribution is 2.18. The molecule has 106 valence electrons. The Hall–Kier alpha value is -1.95. The Bertz CT molecular complexity index is 617. The fraction of sp³-hybridized carbons (Fsp3) is 0.500. The van der Waals surface area contributed by atoms with Gasteiger partial charge in [0.25, 0.3) is 0 Å². The highest BCUT2D eigenvalue weighted by molar-refractivity contribution is 5.90. The number of methoxy groups -OCH3 is 1. The Morgan fingerprint density at radius 1 is 1.45 bits per heavy atom. The number of rotatable bonds is 4. The molecule has 1 N–H and O–H groups in total. The number of esters is 1. The maximum absolute atomic E-state index is 11.5. The molecule has 1 aliphatic carbocycles. The van der Waals surface area contributed by atoms with Crippen molar-refractivity contribution in [1.29, 1.82) is 0 Å². The van der Waals surface area contributed by atoms with Crippen LogP contribution in [0.15, 0.2) is 18.3 Å². The second kappa shape index (κ2) is 5.58. The van der Waals surface area contributed by atoms with Crippen LogP contribution in [0.4, 0.5) is 0 Å². The van der Waals surface area contributed by atoms with Gasteiger partial charge >= 0.3 is 5.97 Å². The number of nitrogens with zero attached hydrogens (tertiary/aromatic N) is 3. The van der Waals surface area contributed by atoms with Gasteiger partial charge in [0.1, 0.15) is 0 Å². The molecule has 3 rings (SSSR count). The lowest BCUT2D eigenvalue weighted by Gasteiger charge is -2.10. The first-order valence-electron chi connectivity index (χ1n) is 6.93. The Balaban J connectivity index is 1.77. The van der Waals surface area contributed by atoms with Gasteiger partial charge in [0.15, 0.2) is 11.5 Å². The van der Waals surface area contributed by atoms with Gasteiger partial charge in [0, 0.05) is 12.2 Å². The number of hydrogen-bond donors (Lipinski definition) is 1. The number of aromatic nitrogens is 3. The maximum Gasteiger partial charge on any atom is 0.338 e. The van der Waals surface area contributed by atoms with E-state index in [1.807, 2.05) is 10.6 Å². The zero-order chi connectivity index (χ0) is 13.9. The van der Waals surface area contributed by atoms with Crippen molar-refractivity contribution in [2.45, 2.75) is 38.3 Å². The van der Waals surface area contributed by atoms with Gasteiger partial charge in [-0.3, -0.25) is 4.40 Å². The normalized spacial score (nSPS) is 15.8. The van der Waals surface area contributed by atoms with Gasteiger partial charge in [0.2, 0.25) is 0 Å². The van der Waals surface area contributed by atoms with Crippen LogP contribution in [0.5, 0.6) is 0 Å². The van der Waals surface area contributed by atoms with Crippen LogP contribution in [-0.4, -0.2) is 33.7 Å². The van der Waals surface area contributed by atoms with E-state index in [9.17, 15) is 4.79 Å². The van der Waals surface area contributed by atoms with Crippen LogP contribution in [0, 0.1) is 0 Å². The molecule has 2 heterocycles. The van der Waals surface area contributed by atoms with Crippen LogP contribution in [0.3, 0.4) is 0 Å². The molecule has 1 saturated carbocycles. The molecule has 1 aliphatic rings. The summed E-state index contributed by atoms with van der Waals surface area (Å²) in [5, 5.41) is 11.8. The number of ether oxygens (including phenoxy) is 1. The van der Waals surface area contributed by atoms with Crippen molar-refractivity contribution >= 4 is 11.6 Å². The number of carbonyl (C=O) groups excluding carboxylic acids is 1. The molecule has 0 saturated heterocycles. The highest BCUT2D eigenvalue weighted by atomic mass is 16.5. The number of nitrogens with one attached hydrogen (secondary N) is 1.